The van der Waals surface area contributed by atoms with Crippen LogP contribution in [0.3, 0.4) is 0 Å². The molecule has 0 spiro atoms. The van der Waals surface area contributed by atoms with Crippen LogP contribution in [0.1, 0.15) is 32.6 Å². The summed E-state index contributed by atoms with van der Waals surface area (Å²) >= 11 is 0. The summed E-state index contributed by atoms with van der Waals surface area (Å²) in [5.41, 5.74) is 1.95. The molecule has 0 saturated carbocycles. The standard InChI is InChI=1S/C20H30N4O2/c1-2-22-12-14-24(15-13-22)20(26)16-19(25)21-17-6-8-18(9-7-17)23-10-4-3-5-11-23/h6-9H,2-5,10-16H2,1H3,(H,21,25). The fraction of sp³-hybridized carbons (Fsp3) is 0.600. The Morgan fingerprint density at radius 1 is 0.923 bits per heavy atom. The first kappa shape index (κ1) is 18.7. The van der Waals surface area contributed by atoms with E-state index in [4.69, 9.17) is 0 Å². The van der Waals surface area contributed by atoms with E-state index < -0.39 is 0 Å². The van der Waals surface area contributed by atoms with Crippen molar-refractivity contribution in [3.05, 3.63) is 24.3 Å². The first-order valence-corrected chi connectivity index (χ1v) is 9.80. The summed E-state index contributed by atoms with van der Waals surface area (Å²) in [6.07, 6.45) is 3.71. The smallest absolute Gasteiger partial charge is 0.233 e. The number of amides is 2. The van der Waals surface area contributed by atoms with Gasteiger partial charge in [-0.25, -0.2) is 0 Å². The minimum absolute atomic E-state index is 0.0804. The molecule has 0 bridgehead atoms. The van der Waals surface area contributed by atoms with Gasteiger partial charge in [-0.1, -0.05) is 6.92 Å². The lowest BCUT2D eigenvalue weighted by Gasteiger charge is -2.34. The van der Waals surface area contributed by atoms with Gasteiger partial charge in [-0.15, -0.1) is 0 Å². The molecule has 0 unspecified atom stereocenters. The Bertz CT molecular complexity index is 603. The van der Waals surface area contributed by atoms with Crippen molar-refractivity contribution in [1.29, 1.82) is 0 Å². The second-order valence-corrected chi connectivity index (χ2v) is 7.13. The SMILES string of the molecule is CCN1CCN(C(=O)CC(=O)Nc2ccc(N3CCCCC3)cc2)CC1. The molecule has 2 heterocycles. The number of carbonyl (C=O) groups excluding carboxylic acids is 2. The summed E-state index contributed by atoms with van der Waals surface area (Å²) in [4.78, 5) is 31.0. The Balaban J connectivity index is 1.46. The molecule has 1 N–H and O–H groups in total. The van der Waals surface area contributed by atoms with Crippen molar-refractivity contribution in [2.45, 2.75) is 32.6 Å². The molecular formula is C20H30N4O2. The first-order valence-electron chi connectivity index (χ1n) is 9.80. The number of hydrogen-bond acceptors (Lipinski definition) is 4. The summed E-state index contributed by atoms with van der Waals surface area (Å²) in [6.45, 7) is 8.55. The maximum atomic E-state index is 12.3. The molecule has 2 amide bonds. The van der Waals surface area contributed by atoms with Gasteiger partial charge in [-0.2, -0.15) is 0 Å². The minimum atomic E-state index is -0.237. The van der Waals surface area contributed by atoms with E-state index in [0.717, 1.165) is 38.4 Å². The van der Waals surface area contributed by atoms with Crippen LogP contribution in [0.15, 0.2) is 24.3 Å². The number of piperazine rings is 1. The van der Waals surface area contributed by atoms with Crippen molar-refractivity contribution in [2.75, 3.05) is 56.0 Å². The molecule has 0 aliphatic carbocycles. The third-order valence-corrected chi connectivity index (χ3v) is 5.36. The van der Waals surface area contributed by atoms with Crippen LogP contribution in [0, 0.1) is 0 Å². The van der Waals surface area contributed by atoms with Crippen LogP contribution in [0.4, 0.5) is 11.4 Å². The number of carbonyl (C=O) groups is 2. The minimum Gasteiger partial charge on any atom is -0.372 e. The zero-order valence-electron chi connectivity index (χ0n) is 15.7. The fourth-order valence-corrected chi connectivity index (χ4v) is 3.68. The summed E-state index contributed by atoms with van der Waals surface area (Å²) in [6, 6.07) is 7.94. The topological polar surface area (TPSA) is 55.9 Å². The molecule has 6 heteroatoms. The number of benzene rings is 1. The van der Waals surface area contributed by atoms with Gasteiger partial charge in [0.15, 0.2) is 0 Å². The van der Waals surface area contributed by atoms with Gasteiger partial charge in [-0.3, -0.25) is 9.59 Å². The predicted molar refractivity (Wildman–Crippen MR) is 104 cm³/mol. The Labute approximate surface area is 156 Å². The third-order valence-electron chi connectivity index (χ3n) is 5.36. The summed E-state index contributed by atoms with van der Waals surface area (Å²) in [5, 5.41) is 2.85. The number of hydrogen-bond donors (Lipinski definition) is 1. The lowest BCUT2D eigenvalue weighted by atomic mass is 10.1. The number of likely N-dealkylation sites (N-methyl/N-ethyl adjacent to an activating group) is 1. The van der Waals surface area contributed by atoms with Crippen LogP contribution >= 0.6 is 0 Å². The summed E-state index contributed by atoms with van der Waals surface area (Å²) in [7, 11) is 0. The van der Waals surface area contributed by atoms with Crippen molar-refractivity contribution in [3.63, 3.8) is 0 Å². The van der Waals surface area contributed by atoms with E-state index in [-0.39, 0.29) is 18.2 Å². The van der Waals surface area contributed by atoms with E-state index in [1.165, 1.54) is 24.9 Å². The van der Waals surface area contributed by atoms with E-state index in [2.05, 4.69) is 22.0 Å². The molecule has 1 aromatic rings. The van der Waals surface area contributed by atoms with Gasteiger partial charge in [-0.05, 0) is 50.1 Å². The van der Waals surface area contributed by atoms with Gasteiger partial charge in [0.2, 0.25) is 11.8 Å². The molecule has 2 aliphatic heterocycles. The van der Waals surface area contributed by atoms with Crippen molar-refractivity contribution >= 4 is 23.2 Å². The average Bonchev–Trinajstić information content (AvgIpc) is 2.69. The zero-order valence-corrected chi connectivity index (χ0v) is 15.7. The number of piperidine rings is 1. The number of anilines is 2. The summed E-state index contributed by atoms with van der Waals surface area (Å²) < 4.78 is 0. The van der Waals surface area contributed by atoms with Gasteiger partial charge in [0.05, 0.1) is 0 Å². The van der Waals surface area contributed by atoms with Crippen LogP contribution in [-0.2, 0) is 9.59 Å². The second-order valence-electron chi connectivity index (χ2n) is 7.13. The van der Waals surface area contributed by atoms with Crippen LogP contribution in [-0.4, -0.2) is 67.4 Å². The molecule has 2 fully saturated rings. The monoisotopic (exact) mass is 358 g/mol. The van der Waals surface area contributed by atoms with Gasteiger partial charge in [0.25, 0.3) is 0 Å². The third kappa shape index (κ3) is 4.97. The maximum Gasteiger partial charge on any atom is 0.233 e. The van der Waals surface area contributed by atoms with Crippen molar-refractivity contribution in [2.24, 2.45) is 0 Å². The maximum absolute atomic E-state index is 12.3. The van der Waals surface area contributed by atoms with E-state index in [9.17, 15) is 9.59 Å². The fourth-order valence-electron chi connectivity index (χ4n) is 3.68. The lowest BCUT2D eigenvalue weighted by Crippen LogP contribution is -2.49. The highest BCUT2D eigenvalue weighted by Gasteiger charge is 2.22. The van der Waals surface area contributed by atoms with Gasteiger partial charge in [0, 0.05) is 50.6 Å². The first-order chi connectivity index (χ1) is 12.7. The molecule has 0 atom stereocenters. The average molecular weight is 358 g/mol. The Hall–Kier alpha value is -2.08. The quantitative estimate of drug-likeness (QED) is 0.820. The second kappa shape index (κ2) is 9.03. The molecule has 26 heavy (non-hydrogen) atoms. The Morgan fingerprint density at radius 2 is 1.58 bits per heavy atom. The molecule has 0 aromatic heterocycles. The van der Waals surface area contributed by atoms with E-state index >= 15 is 0 Å². The molecule has 0 radical (unpaired) electrons. The highest BCUT2D eigenvalue weighted by atomic mass is 16.2. The highest BCUT2D eigenvalue weighted by Crippen LogP contribution is 2.21. The van der Waals surface area contributed by atoms with Crippen molar-refractivity contribution in [3.8, 4) is 0 Å². The van der Waals surface area contributed by atoms with Crippen LogP contribution in [0.2, 0.25) is 0 Å². The van der Waals surface area contributed by atoms with Crippen molar-refractivity contribution < 1.29 is 9.59 Å². The Morgan fingerprint density at radius 3 is 2.19 bits per heavy atom. The normalized spacial score (nSPS) is 18.7. The largest absolute Gasteiger partial charge is 0.372 e. The molecule has 1 aromatic carbocycles. The lowest BCUT2D eigenvalue weighted by molar-refractivity contribution is -0.136. The number of nitrogens with one attached hydrogen (secondary N) is 1. The van der Waals surface area contributed by atoms with E-state index in [0.29, 0.717) is 13.1 Å². The zero-order chi connectivity index (χ0) is 18.4. The molecule has 6 nitrogen and oxygen atoms in total. The molecular weight excluding hydrogens is 328 g/mol. The van der Waals surface area contributed by atoms with Gasteiger partial charge < -0.3 is 20.0 Å². The Kier molecular flexibility index (Phi) is 6.50. The highest BCUT2D eigenvalue weighted by molar-refractivity contribution is 6.03. The van der Waals surface area contributed by atoms with E-state index in [1.54, 1.807) is 4.90 Å². The van der Waals surface area contributed by atoms with Gasteiger partial charge in [0.1, 0.15) is 6.42 Å². The van der Waals surface area contributed by atoms with Crippen LogP contribution in [0.5, 0.6) is 0 Å². The molecule has 2 aliphatic rings. The number of rotatable bonds is 5. The molecule has 142 valence electrons. The summed E-state index contributed by atoms with van der Waals surface area (Å²) in [5.74, 6) is -0.318. The number of nitrogens with zero attached hydrogens (tertiary/aromatic N) is 3. The van der Waals surface area contributed by atoms with Crippen molar-refractivity contribution in [1.82, 2.24) is 9.80 Å². The van der Waals surface area contributed by atoms with Crippen LogP contribution < -0.4 is 10.2 Å². The van der Waals surface area contributed by atoms with Gasteiger partial charge >= 0.3 is 0 Å². The predicted octanol–water partition coefficient (Wildman–Crippen LogP) is 2.17. The van der Waals surface area contributed by atoms with Crippen LogP contribution in [0.25, 0.3) is 0 Å². The molecule has 3 rings (SSSR count). The molecule has 2 saturated heterocycles. The van der Waals surface area contributed by atoms with E-state index in [1.807, 2.05) is 24.3 Å².